The number of benzene rings is 2. The van der Waals surface area contributed by atoms with E-state index < -0.39 is 23.5 Å². The predicted molar refractivity (Wildman–Crippen MR) is 88.7 cm³/mol. The molecule has 0 aliphatic rings. The molecule has 0 fully saturated rings. The molecule has 0 aromatic heterocycles. The maximum absolute atomic E-state index is 13.8. The first kappa shape index (κ1) is 17.5. The Labute approximate surface area is 139 Å². The second-order valence-electron chi connectivity index (χ2n) is 6.21. The summed E-state index contributed by atoms with van der Waals surface area (Å²) in [7, 11) is 0. The van der Waals surface area contributed by atoms with E-state index >= 15 is 0 Å². The maximum Gasteiger partial charge on any atom is 0.412 e. The highest BCUT2D eigenvalue weighted by Crippen LogP contribution is 2.25. The Morgan fingerprint density at radius 2 is 1.75 bits per heavy atom. The van der Waals surface area contributed by atoms with Gasteiger partial charge in [0.05, 0.1) is 5.56 Å². The Morgan fingerprint density at radius 3 is 2.33 bits per heavy atom. The summed E-state index contributed by atoms with van der Waals surface area (Å²) in [5, 5.41) is 11.5. The number of carboxylic acid groups (broad SMARTS) is 1. The Balaban J connectivity index is 2.23. The summed E-state index contributed by atoms with van der Waals surface area (Å²) in [5.41, 5.74) is 0.633. The van der Waals surface area contributed by atoms with Crippen molar-refractivity contribution in [3.05, 3.63) is 53.8 Å². The maximum atomic E-state index is 13.8. The van der Waals surface area contributed by atoms with Crippen molar-refractivity contribution in [3.63, 3.8) is 0 Å². The van der Waals surface area contributed by atoms with Crippen molar-refractivity contribution in [3.8, 4) is 11.1 Å². The van der Waals surface area contributed by atoms with Gasteiger partial charge in [0.25, 0.3) is 0 Å². The Kier molecular flexibility index (Phi) is 4.87. The van der Waals surface area contributed by atoms with Gasteiger partial charge in [0.2, 0.25) is 0 Å². The number of hydrogen-bond donors (Lipinski definition) is 2. The van der Waals surface area contributed by atoms with Crippen molar-refractivity contribution < 1.29 is 23.8 Å². The zero-order valence-corrected chi connectivity index (χ0v) is 13.6. The molecule has 0 unspecified atom stereocenters. The van der Waals surface area contributed by atoms with Crippen LogP contribution in [0.25, 0.3) is 11.1 Å². The van der Waals surface area contributed by atoms with Gasteiger partial charge in [-0.15, -0.1) is 0 Å². The lowest BCUT2D eigenvalue weighted by molar-refractivity contribution is 0.0633. The average Bonchev–Trinajstić information content (AvgIpc) is 2.44. The number of anilines is 1. The Hall–Kier alpha value is -2.89. The standard InChI is InChI=1S/C18H18FNO4/c1-18(2,3)24-17(23)20-13-6-4-5-11(9-13)12-7-8-14(16(21)22)15(19)10-12/h4-10H,1-3H3,(H,20,23)(H,21,22). The van der Waals surface area contributed by atoms with Crippen molar-refractivity contribution in [2.24, 2.45) is 0 Å². The topological polar surface area (TPSA) is 75.6 Å². The van der Waals surface area contributed by atoms with Crippen molar-refractivity contribution >= 4 is 17.7 Å². The minimum atomic E-state index is -1.32. The summed E-state index contributed by atoms with van der Waals surface area (Å²) in [6, 6.07) is 10.6. The summed E-state index contributed by atoms with van der Waals surface area (Å²) in [4.78, 5) is 22.6. The molecule has 24 heavy (non-hydrogen) atoms. The molecule has 0 aliphatic heterocycles. The molecule has 0 aliphatic carbocycles. The number of rotatable bonds is 3. The molecule has 2 aromatic carbocycles. The zero-order valence-electron chi connectivity index (χ0n) is 13.6. The minimum Gasteiger partial charge on any atom is -0.478 e. The van der Waals surface area contributed by atoms with E-state index in [0.29, 0.717) is 16.8 Å². The van der Waals surface area contributed by atoms with Crippen LogP contribution in [0.2, 0.25) is 0 Å². The van der Waals surface area contributed by atoms with Gasteiger partial charge < -0.3 is 9.84 Å². The van der Waals surface area contributed by atoms with Crippen LogP contribution in [0, 0.1) is 5.82 Å². The van der Waals surface area contributed by atoms with Crippen LogP contribution < -0.4 is 5.32 Å². The number of aromatic carboxylic acids is 1. The first-order valence-electron chi connectivity index (χ1n) is 7.29. The highest BCUT2D eigenvalue weighted by atomic mass is 19.1. The van der Waals surface area contributed by atoms with Crippen LogP contribution in [-0.4, -0.2) is 22.8 Å². The normalized spacial score (nSPS) is 11.0. The first-order chi connectivity index (χ1) is 11.2. The molecule has 126 valence electrons. The van der Waals surface area contributed by atoms with Gasteiger partial charge in [-0.05, 0) is 56.2 Å². The van der Waals surface area contributed by atoms with Crippen molar-refractivity contribution in [2.45, 2.75) is 26.4 Å². The van der Waals surface area contributed by atoms with Crippen molar-refractivity contribution in [1.82, 2.24) is 0 Å². The fraction of sp³-hybridized carbons (Fsp3) is 0.222. The van der Waals surface area contributed by atoms with Gasteiger partial charge in [0.15, 0.2) is 0 Å². The first-order valence-corrected chi connectivity index (χ1v) is 7.29. The van der Waals surface area contributed by atoms with Crippen LogP contribution in [0.15, 0.2) is 42.5 Å². The molecule has 2 aromatic rings. The molecule has 2 N–H and O–H groups in total. The molecule has 0 atom stereocenters. The number of halogens is 1. The summed E-state index contributed by atoms with van der Waals surface area (Å²) >= 11 is 0. The molecule has 0 heterocycles. The van der Waals surface area contributed by atoms with Gasteiger partial charge >= 0.3 is 12.1 Å². The molecule has 0 spiro atoms. The quantitative estimate of drug-likeness (QED) is 0.866. The monoisotopic (exact) mass is 331 g/mol. The number of carboxylic acids is 1. The smallest absolute Gasteiger partial charge is 0.412 e. The summed E-state index contributed by atoms with van der Waals surface area (Å²) in [6.45, 7) is 5.28. The highest BCUT2D eigenvalue weighted by Gasteiger charge is 2.16. The van der Waals surface area contributed by atoms with Gasteiger partial charge in [-0.1, -0.05) is 18.2 Å². The van der Waals surface area contributed by atoms with E-state index in [-0.39, 0.29) is 5.56 Å². The van der Waals surface area contributed by atoms with Crippen LogP contribution in [0.3, 0.4) is 0 Å². The largest absolute Gasteiger partial charge is 0.478 e. The molecular weight excluding hydrogens is 313 g/mol. The molecule has 1 amide bonds. The van der Waals surface area contributed by atoms with Gasteiger partial charge in [-0.3, -0.25) is 5.32 Å². The molecular formula is C18H18FNO4. The molecule has 5 nitrogen and oxygen atoms in total. The third kappa shape index (κ3) is 4.55. The van der Waals surface area contributed by atoms with Crippen LogP contribution in [0.4, 0.5) is 14.9 Å². The van der Waals surface area contributed by atoms with E-state index in [4.69, 9.17) is 9.84 Å². The number of amides is 1. The van der Waals surface area contributed by atoms with Crippen LogP contribution in [-0.2, 0) is 4.74 Å². The fourth-order valence-electron chi connectivity index (χ4n) is 2.07. The van der Waals surface area contributed by atoms with Gasteiger partial charge in [-0.25, -0.2) is 14.0 Å². The van der Waals surface area contributed by atoms with E-state index in [1.165, 1.54) is 12.1 Å². The lowest BCUT2D eigenvalue weighted by Crippen LogP contribution is -2.27. The van der Waals surface area contributed by atoms with E-state index in [9.17, 15) is 14.0 Å². The molecule has 2 rings (SSSR count). The van der Waals surface area contributed by atoms with Crippen LogP contribution in [0.1, 0.15) is 31.1 Å². The van der Waals surface area contributed by atoms with Crippen LogP contribution in [0.5, 0.6) is 0 Å². The second kappa shape index (κ2) is 6.70. The second-order valence-corrected chi connectivity index (χ2v) is 6.21. The minimum absolute atomic E-state index is 0.387. The van der Waals surface area contributed by atoms with E-state index in [1.807, 2.05) is 0 Å². The number of nitrogens with one attached hydrogen (secondary N) is 1. The molecule has 6 heteroatoms. The summed E-state index contributed by atoms with van der Waals surface area (Å²) in [5.74, 6) is -2.13. The fourth-order valence-corrected chi connectivity index (χ4v) is 2.07. The molecule has 0 saturated heterocycles. The average molecular weight is 331 g/mol. The SMILES string of the molecule is CC(C)(C)OC(=O)Nc1cccc(-c2ccc(C(=O)O)c(F)c2)c1. The highest BCUT2D eigenvalue weighted by molar-refractivity contribution is 5.89. The number of carbonyl (C=O) groups is 2. The van der Waals surface area contributed by atoms with Crippen molar-refractivity contribution in [1.29, 1.82) is 0 Å². The summed E-state index contributed by atoms with van der Waals surface area (Å²) < 4.78 is 19.0. The molecule has 0 radical (unpaired) electrons. The van der Waals surface area contributed by atoms with Gasteiger partial charge in [0.1, 0.15) is 11.4 Å². The number of carbonyl (C=O) groups excluding carboxylic acids is 1. The zero-order chi connectivity index (χ0) is 17.9. The lowest BCUT2D eigenvalue weighted by atomic mass is 10.0. The third-order valence-corrected chi connectivity index (χ3v) is 3.04. The van der Waals surface area contributed by atoms with Gasteiger partial charge in [0, 0.05) is 5.69 Å². The number of hydrogen-bond acceptors (Lipinski definition) is 3. The number of ether oxygens (including phenoxy) is 1. The van der Waals surface area contributed by atoms with E-state index in [1.54, 1.807) is 45.0 Å². The summed E-state index contributed by atoms with van der Waals surface area (Å²) in [6.07, 6.45) is -0.591. The van der Waals surface area contributed by atoms with E-state index in [2.05, 4.69) is 5.32 Å². The Bertz CT molecular complexity index is 781. The van der Waals surface area contributed by atoms with Crippen LogP contribution >= 0.6 is 0 Å². The third-order valence-electron chi connectivity index (χ3n) is 3.04. The predicted octanol–water partition coefficient (Wildman–Crippen LogP) is 4.54. The molecule has 0 saturated carbocycles. The van der Waals surface area contributed by atoms with Crippen molar-refractivity contribution in [2.75, 3.05) is 5.32 Å². The van der Waals surface area contributed by atoms with Gasteiger partial charge in [-0.2, -0.15) is 0 Å². The molecule has 0 bridgehead atoms. The Morgan fingerprint density at radius 1 is 1.08 bits per heavy atom. The lowest BCUT2D eigenvalue weighted by Gasteiger charge is -2.19. The van der Waals surface area contributed by atoms with E-state index in [0.717, 1.165) is 6.07 Å².